The molecule has 0 saturated carbocycles. The maximum Gasteiger partial charge on any atom is 0.253 e. The van der Waals surface area contributed by atoms with Gasteiger partial charge in [-0.3, -0.25) is 14.4 Å². The number of aromatic nitrogens is 4. The van der Waals surface area contributed by atoms with Crippen LogP contribution in [0.2, 0.25) is 0 Å². The second-order valence-electron chi connectivity index (χ2n) is 11.7. The Labute approximate surface area is 235 Å². The number of aryl methyl sites for hydroxylation is 2. The molecule has 5 rings (SSSR count). The van der Waals surface area contributed by atoms with E-state index >= 15 is 0 Å². The van der Waals surface area contributed by atoms with Gasteiger partial charge in [-0.15, -0.1) is 0 Å². The molecule has 0 atom stereocenters. The van der Waals surface area contributed by atoms with E-state index in [1.54, 1.807) is 13.1 Å². The zero-order valence-corrected chi connectivity index (χ0v) is 24.3. The number of rotatable bonds is 6. The number of carbonyl (C=O) groups is 2. The molecule has 2 N–H and O–H groups in total. The molecule has 0 aromatic carbocycles. The lowest BCUT2D eigenvalue weighted by atomic mass is 9.90. The summed E-state index contributed by atoms with van der Waals surface area (Å²) in [5, 5.41) is 8.26. The molecular formula is C30H41N7O3. The van der Waals surface area contributed by atoms with E-state index in [4.69, 9.17) is 4.98 Å². The number of fused-ring (bicyclic) bond motifs is 1. The fraction of sp³-hybridized carbons (Fsp3) is 0.567. The maximum absolute atomic E-state index is 13.5. The molecule has 214 valence electrons. The van der Waals surface area contributed by atoms with E-state index in [9.17, 15) is 14.4 Å². The Morgan fingerprint density at radius 2 is 1.77 bits per heavy atom. The van der Waals surface area contributed by atoms with Gasteiger partial charge >= 0.3 is 0 Å². The zero-order valence-electron chi connectivity index (χ0n) is 24.3. The smallest absolute Gasteiger partial charge is 0.253 e. The summed E-state index contributed by atoms with van der Waals surface area (Å²) in [6.45, 7) is 13.3. The van der Waals surface area contributed by atoms with Gasteiger partial charge in [-0.05, 0) is 84.2 Å². The number of pyridine rings is 2. The monoisotopic (exact) mass is 547 g/mol. The van der Waals surface area contributed by atoms with Crippen molar-refractivity contribution < 1.29 is 9.59 Å². The molecule has 40 heavy (non-hydrogen) atoms. The number of aromatic amines is 1. The van der Waals surface area contributed by atoms with Gasteiger partial charge in [-0.1, -0.05) is 0 Å². The number of nitrogens with one attached hydrogen (secondary N) is 2. The van der Waals surface area contributed by atoms with Gasteiger partial charge < -0.3 is 20.1 Å². The summed E-state index contributed by atoms with van der Waals surface area (Å²) in [4.78, 5) is 50.1. The molecule has 2 aliphatic heterocycles. The first kappa shape index (κ1) is 28.0. The van der Waals surface area contributed by atoms with Crippen LogP contribution < -0.4 is 10.9 Å². The molecule has 3 aromatic heterocycles. The van der Waals surface area contributed by atoms with E-state index in [-0.39, 0.29) is 35.9 Å². The lowest BCUT2D eigenvalue weighted by Gasteiger charge is -2.41. The highest BCUT2D eigenvalue weighted by molar-refractivity contribution is 6.05. The number of carbonyl (C=O) groups excluding carboxylic acids is 2. The highest BCUT2D eigenvalue weighted by Gasteiger charge is 2.31. The molecule has 0 spiro atoms. The van der Waals surface area contributed by atoms with Crippen LogP contribution in [0.4, 0.5) is 0 Å². The Bertz CT molecular complexity index is 1460. The van der Waals surface area contributed by atoms with Crippen LogP contribution in [0.15, 0.2) is 23.1 Å². The van der Waals surface area contributed by atoms with Crippen molar-refractivity contribution in [2.75, 3.05) is 26.2 Å². The van der Waals surface area contributed by atoms with Crippen molar-refractivity contribution in [3.8, 4) is 0 Å². The summed E-state index contributed by atoms with van der Waals surface area (Å²) in [6.07, 6.45) is 5.72. The number of hydrogen-bond acceptors (Lipinski definition) is 6. The first-order valence-corrected chi connectivity index (χ1v) is 14.5. The first-order valence-electron chi connectivity index (χ1n) is 14.5. The standard InChI is InChI=1S/C30H41N7O3/c1-18(2)37-28-26(17-32-37)24(29(39)31-16-25-19(3)14-20(4)33-30(25)40)15-27(34-28)22-6-10-36(11-7-22)23-8-12-35(13-9-23)21(5)38/h14-15,17-18,22-23H,6-13,16H2,1-5H3,(H,31,39)(H,33,40). The highest BCUT2D eigenvalue weighted by Crippen LogP contribution is 2.32. The van der Waals surface area contributed by atoms with Gasteiger partial charge in [0.05, 0.1) is 17.1 Å². The molecule has 2 aliphatic rings. The van der Waals surface area contributed by atoms with Gasteiger partial charge in [0.1, 0.15) is 0 Å². The number of nitrogens with zero attached hydrogens (tertiary/aromatic N) is 5. The lowest BCUT2D eigenvalue weighted by Crippen LogP contribution is -2.48. The van der Waals surface area contributed by atoms with Crippen LogP contribution in [0.3, 0.4) is 0 Å². The third-order valence-corrected chi connectivity index (χ3v) is 8.61. The molecule has 3 aromatic rings. The molecule has 0 bridgehead atoms. The van der Waals surface area contributed by atoms with Crippen molar-refractivity contribution in [3.05, 3.63) is 56.8 Å². The number of amides is 2. The largest absolute Gasteiger partial charge is 0.348 e. The summed E-state index contributed by atoms with van der Waals surface area (Å²) in [5.74, 6) is 0.188. The second kappa shape index (κ2) is 11.5. The molecule has 2 fully saturated rings. The number of likely N-dealkylation sites (tertiary alicyclic amines) is 2. The molecular weight excluding hydrogens is 506 g/mol. The van der Waals surface area contributed by atoms with Crippen LogP contribution in [0.5, 0.6) is 0 Å². The minimum atomic E-state index is -0.231. The van der Waals surface area contributed by atoms with Crippen molar-refractivity contribution in [3.63, 3.8) is 0 Å². The molecule has 0 aliphatic carbocycles. The van der Waals surface area contributed by atoms with Crippen LogP contribution in [-0.4, -0.2) is 73.6 Å². The van der Waals surface area contributed by atoms with Crippen LogP contribution in [0.1, 0.15) is 91.3 Å². The molecule has 10 nitrogen and oxygen atoms in total. The zero-order chi connectivity index (χ0) is 28.6. The number of hydrogen-bond donors (Lipinski definition) is 2. The van der Waals surface area contributed by atoms with Gasteiger partial charge in [-0.2, -0.15) is 5.10 Å². The maximum atomic E-state index is 13.5. The van der Waals surface area contributed by atoms with Crippen LogP contribution >= 0.6 is 0 Å². The minimum Gasteiger partial charge on any atom is -0.348 e. The molecule has 0 radical (unpaired) electrons. The molecule has 2 amide bonds. The predicted octanol–water partition coefficient (Wildman–Crippen LogP) is 3.44. The normalized spacial score (nSPS) is 17.6. The van der Waals surface area contributed by atoms with Crippen LogP contribution in [-0.2, 0) is 11.3 Å². The Hall–Kier alpha value is -3.53. The van der Waals surface area contributed by atoms with Crippen molar-refractivity contribution >= 4 is 22.8 Å². The SMILES string of the molecule is CC(=O)N1CCC(N2CCC(c3cc(C(=O)NCc4c(C)cc(C)[nH]c4=O)c4cnn(C(C)C)c4n3)CC2)CC1. The Kier molecular flexibility index (Phi) is 8.07. The number of H-pyrrole nitrogens is 1. The molecule has 2 saturated heterocycles. The Morgan fingerprint density at radius 1 is 1.07 bits per heavy atom. The first-order chi connectivity index (χ1) is 19.1. The van der Waals surface area contributed by atoms with Crippen LogP contribution in [0.25, 0.3) is 11.0 Å². The fourth-order valence-corrected chi connectivity index (χ4v) is 6.28. The minimum absolute atomic E-state index is 0.104. The fourth-order valence-electron chi connectivity index (χ4n) is 6.28. The predicted molar refractivity (Wildman–Crippen MR) is 154 cm³/mol. The van der Waals surface area contributed by atoms with Crippen molar-refractivity contribution in [2.24, 2.45) is 0 Å². The van der Waals surface area contributed by atoms with Gasteiger partial charge in [0.15, 0.2) is 5.65 Å². The Morgan fingerprint density at radius 3 is 2.40 bits per heavy atom. The van der Waals surface area contributed by atoms with E-state index in [0.717, 1.165) is 79.8 Å². The molecule has 10 heteroatoms. The quantitative estimate of drug-likeness (QED) is 0.489. The van der Waals surface area contributed by atoms with Gasteiger partial charge in [0, 0.05) is 61.5 Å². The Balaban J connectivity index is 1.35. The summed E-state index contributed by atoms with van der Waals surface area (Å²) < 4.78 is 1.88. The third kappa shape index (κ3) is 5.68. The summed E-state index contributed by atoms with van der Waals surface area (Å²) >= 11 is 0. The van der Waals surface area contributed by atoms with Crippen LogP contribution in [0, 0.1) is 13.8 Å². The summed E-state index contributed by atoms with van der Waals surface area (Å²) in [6, 6.07) is 4.47. The van der Waals surface area contributed by atoms with Gasteiger partial charge in [0.25, 0.3) is 11.5 Å². The average molecular weight is 548 g/mol. The van der Waals surface area contributed by atoms with Crippen molar-refractivity contribution in [2.45, 2.75) is 84.8 Å². The average Bonchev–Trinajstić information content (AvgIpc) is 3.36. The van der Waals surface area contributed by atoms with Crippen molar-refractivity contribution in [1.82, 2.24) is 34.9 Å². The van der Waals surface area contributed by atoms with E-state index in [1.807, 2.05) is 35.6 Å². The van der Waals surface area contributed by atoms with E-state index in [2.05, 4.69) is 34.1 Å². The lowest BCUT2D eigenvalue weighted by molar-refractivity contribution is -0.130. The number of piperidine rings is 2. The van der Waals surface area contributed by atoms with E-state index < -0.39 is 0 Å². The van der Waals surface area contributed by atoms with E-state index in [1.165, 1.54) is 0 Å². The molecule has 5 heterocycles. The van der Waals surface area contributed by atoms with Crippen molar-refractivity contribution in [1.29, 1.82) is 0 Å². The third-order valence-electron chi connectivity index (χ3n) is 8.61. The van der Waals surface area contributed by atoms with E-state index in [0.29, 0.717) is 17.2 Å². The summed E-state index contributed by atoms with van der Waals surface area (Å²) in [7, 11) is 0. The van der Waals surface area contributed by atoms with Gasteiger partial charge in [-0.25, -0.2) is 9.67 Å². The second-order valence-corrected chi connectivity index (χ2v) is 11.7. The highest BCUT2D eigenvalue weighted by atomic mass is 16.2. The topological polar surface area (TPSA) is 116 Å². The summed E-state index contributed by atoms with van der Waals surface area (Å²) in [5.41, 5.74) is 4.23. The molecule has 0 unspecified atom stereocenters. The van der Waals surface area contributed by atoms with Gasteiger partial charge in [0.2, 0.25) is 5.91 Å².